The van der Waals surface area contributed by atoms with E-state index in [0.29, 0.717) is 19.5 Å². The zero-order valence-electron chi connectivity index (χ0n) is 16.5. The summed E-state index contributed by atoms with van der Waals surface area (Å²) >= 11 is 0. The predicted octanol–water partition coefficient (Wildman–Crippen LogP) is 2.89. The largest absolute Gasteiger partial charge is 0.416 e. The number of alkyl halides is 3. The van der Waals surface area contributed by atoms with E-state index < -0.39 is 17.8 Å². The van der Waals surface area contributed by atoms with Gasteiger partial charge in [0.15, 0.2) is 0 Å². The minimum absolute atomic E-state index is 0.164. The molecule has 2 fully saturated rings. The summed E-state index contributed by atoms with van der Waals surface area (Å²) in [6.45, 7) is 5.82. The van der Waals surface area contributed by atoms with Crippen LogP contribution in [0.15, 0.2) is 24.3 Å². The SMILES string of the molecule is CCC[C@H]1NC(=O)N(CN2CCCN(Cc3ccc(C(F)(F)F)cc3)CC2)C1=O. The molecule has 0 aromatic heterocycles. The quantitative estimate of drug-likeness (QED) is 0.730. The predicted molar refractivity (Wildman–Crippen MR) is 102 cm³/mol. The van der Waals surface area contributed by atoms with E-state index in [1.54, 1.807) is 0 Å². The summed E-state index contributed by atoms with van der Waals surface area (Å²) in [7, 11) is 0. The zero-order valence-corrected chi connectivity index (χ0v) is 16.5. The molecule has 2 aliphatic rings. The van der Waals surface area contributed by atoms with Crippen LogP contribution in [0.1, 0.15) is 37.3 Å². The number of carbonyl (C=O) groups is 2. The molecule has 6 nitrogen and oxygen atoms in total. The van der Waals surface area contributed by atoms with Gasteiger partial charge >= 0.3 is 12.2 Å². The molecule has 0 radical (unpaired) electrons. The summed E-state index contributed by atoms with van der Waals surface area (Å²) in [4.78, 5) is 30.1. The van der Waals surface area contributed by atoms with Gasteiger partial charge in [-0.25, -0.2) is 9.69 Å². The first-order valence-electron chi connectivity index (χ1n) is 10.0. The Morgan fingerprint density at radius 2 is 1.69 bits per heavy atom. The fourth-order valence-corrected chi connectivity index (χ4v) is 3.78. The molecule has 0 unspecified atom stereocenters. The van der Waals surface area contributed by atoms with Gasteiger partial charge in [-0.3, -0.25) is 14.6 Å². The van der Waals surface area contributed by atoms with E-state index in [2.05, 4.69) is 15.1 Å². The summed E-state index contributed by atoms with van der Waals surface area (Å²) in [5.74, 6) is -0.164. The van der Waals surface area contributed by atoms with Crippen LogP contribution in [-0.4, -0.2) is 65.5 Å². The van der Waals surface area contributed by atoms with Gasteiger partial charge in [0, 0.05) is 26.2 Å². The van der Waals surface area contributed by atoms with Crippen molar-refractivity contribution in [2.75, 3.05) is 32.8 Å². The van der Waals surface area contributed by atoms with Crippen LogP contribution >= 0.6 is 0 Å². The summed E-state index contributed by atoms with van der Waals surface area (Å²) in [6, 6.07) is 4.52. The Morgan fingerprint density at radius 1 is 1.03 bits per heavy atom. The standard InChI is InChI=1S/C20H27F3N4O2/c1-2-4-17-18(28)27(19(29)24-17)14-26-10-3-9-25(11-12-26)13-15-5-7-16(8-6-15)20(21,22)23/h5-8,17H,2-4,9-14H2,1H3,(H,24,29)/t17-/m1/s1. The van der Waals surface area contributed by atoms with Crippen molar-refractivity contribution in [3.8, 4) is 0 Å². The molecule has 2 saturated heterocycles. The number of amides is 3. The highest BCUT2D eigenvalue weighted by Crippen LogP contribution is 2.29. The number of carbonyl (C=O) groups excluding carboxylic acids is 2. The van der Waals surface area contributed by atoms with E-state index in [-0.39, 0.29) is 18.6 Å². The number of imide groups is 1. The molecule has 1 aromatic rings. The lowest BCUT2D eigenvalue weighted by Gasteiger charge is -2.25. The first kappa shape index (κ1) is 21.6. The molecule has 2 aliphatic heterocycles. The van der Waals surface area contributed by atoms with Crippen LogP contribution < -0.4 is 5.32 Å². The molecule has 0 saturated carbocycles. The third-order valence-electron chi connectivity index (χ3n) is 5.39. The van der Waals surface area contributed by atoms with E-state index >= 15 is 0 Å². The van der Waals surface area contributed by atoms with E-state index in [0.717, 1.165) is 50.2 Å². The molecule has 0 spiro atoms. The van der Waals surface area contributed by atoms with Crippen molar-refractivity contribution < 1.29 is 22.8 Å². The molecule has 1 atom stereocenters. The molecular formula is C20H27F3N4O2. The van der Waals surface area contributed by atoms with Crippen LogP contribution in [0.4, 0.5) is 18.0 Å². The molecule has 2 heterocycles. The van der Waals surface area contributed by atoms with Crippen molar-refractivity contribution in [2.24, 2.45) is 0 Å². The Kier molecular flexibility index (Phi) is 6.79. The average molecular weight is 412 g/mol. The maximum Gasteiger partial charge on any atom is 0.416 e. The van der Waals surface area contributed by atoms with Gasteiger partial charge in [-0.05, 0) is 37.1 Å². The molecule has 3 rings (SSSR count). The van der Waals surface area contributed by atoms with Crippen LogP contribution in [0.25, 0.3) is 0 Å². The van der Waals surface area contributed by atoms with Gasteiger partial charge in [0.25, 0.3) is 5.91 Å². The highest BCUT2D eigenvalue weighted by molar-refractivity contribution is 6.04. The second-order valence-corrected chi connectivity index (χ2v) is 7.64. The Hall–Kier alpha value is -2.13. The van der Waals surface area contributed by atoms with Crippen molar-refractivity contribution in [1.29, 1.82) is 0 Å². The molecule has 9 heteroatoms. The van der Waals surface area contributed by atoms with E-state index in [9.17, 15) is 22.8 Å². The van der Waals surface area contributed by atoms with E-state index in [1.807, 2.05) is 6.92 Å². The molecule has 0 bridgehead atoms. The fraction of sp³-hybridized carbons (Fsp3) is 0.600. The topological polar surface area (TPSA) is 55.9 Å². The van der Waals surface area contributed by atoms with Crippen molar-refractivity contribution in [2.45, 2.75) is 44.9 Å². The molecule has 1 N–H and O–H groups in total. The second kappa shape index (κ2) is 9.13. The van der Waals surface area contributed by atoms with Gasteiger partial charge in [-0.15, -0.1) is 0 Å². The number of nitrogens with one attached hydrogen (secondary N) is 1. The van der Waals surface area contributed by atoms with Gasteiger partial charge in [0.2, 0.25) is 0 Å². The molecule has 29 heavy (non-hydrogen) atoms. The van der Waals surface area contributed by atoms with Crippen molar-refractivity contribution >= 4 is 11.9 Å². The minimum atomic E-state index is -4.32. The molecular weight excluding hydrogens is 385 g/mol. The lowest BCUT2D eigenvalue weighted by molar-refractivity contribution is -0.137. The Balaban J connectivity index is 1.51. The van der Waals surface area contributed by atoms with E-state index in [4.69, 9.17) is 0 Å². The fourth-order valence-electron chi connectivity index (χ4n) is 3.78. The number of urea groups is 1. The monoisotopic (exact) mass is 412 g/mol. The highest BCUT2D eigenvalue weighted by Gasteiger charge is 2.38. The summed E-state index contributed by atoms with van der Waals surface area (Å²) in [5, 5.41) is 2.74. The summed E-state index contributed by atoms with van der Waals surface area (Å²) in [6.07, 6.45) is -1.99. The Morgan fingerprint density at radius 3 is 2.34 bits per heavy atom. The highest BCUT2D eigenvalue weighted by atomic mass is 19.4. The van der Waals surface area contributed by atoms with Crippen molar-refractivity contribution in [3.05, 3.63) is 35.4 Å². The van der Waals surface area contributed by atoms with Crippen molar-refractivity contribution in [3.63, 3.8) is 0 Å². The number of hydrogen-bond donors (Lipinski definition) is 1. The van der Waals surface area contributed by atoms with Gasteiger partial charge in [0.1, 0.15) is 6.04 Å². The van der Waals surface area contributed by atoms with Gasteiger partial charge in [0.05, 0.1) is 12.2 Å². The number of halogens is 3. The van der Waals surface area contributed by atoms with Gasteiger partial charge in [-0.2, -0.15) is 13.2 Å². The third kappa shape index (κ3) is 5.48. The zero-order chi connectivity index (χ0) is 21.0. The molecule has 0 aliphatic carbocycles. The van der Waals surface area contributed by atoms with Crippen molar-refractivity contribution in [1.82, 2.24) is 20.0 Å². The van der Waals surface area contributed by atoms with Crippen LogP contribution in [0, 0.1) is 0 Å². The van der Waals surface area contributed by atoms with Crippen LogP contribution in [0.2, 0.25) is 0 Å². The Bertz CT molecular complexity index is 723. The average Bonchev–Trinajstić information content (AvgIpc) is 2.83. The minimum Gasteiger partial charge on any atom is -0.326 e. The lowest BCUT2D eigenvalue weighted by atomic mass is 10.1. The number of rotatable bonds is 6. The number of hydrogen-bond acceptors (Lipinski definition) is 4. The van der Waals surface area contributed by atoms with Crippen LogP contribution in [-0.2, 0) is 17.5 Å². The summed E-state index contributed by atoms with van der Waals surface area (Å²) in [5.41, 5.74) is 0.196. The number of benzene rings is 1. The second-order valence-electron chi connectivity index (χ2n) is 7.64. The maximum absolute atomic E-state index is 12.7. The van der Waals surface area contributed by atoms with E-state index in [1.165, 1.54) is 17.0 Å². The van der Waals surface area contributed by atoms with Crippen LogP contribution in [0.5, 0.6) is 0 Å². The molecule has 3 amide bonds. The third-order valence-corrected chi connectivity index (χ3v) is 5.39. The molecule has 160 valence electrons. The number of nitrogens with zero attached hydrogens (tertiary/aromatic N) is 3. The maximum atomic E-state index is 12.7. The lowest BCUT2D eigenvalue weighted by Crippen LogP contribution is -2.43. The first-order chi connectivity index (χ1) is 13.8. The summed E-state index contributed by atoms with van der Waals surface area (Å²) < 4.78 is 38.1. The van der Waals surface area contributed by atoms with Crippen LogP contribution in [0.3, 0.4) is 0 Å². The first-order valence-corrected chi connectivity index (χ1v) is 10.0. The smallest absolute Gasteiger partial charge is 0.326 e. The Labute approximate surface area is 168 Å². The normalized spacial score (nSPS) is 22.1. The van der Waals surface area contributed by atoms with Gasteiger partial charge in [-0.1, -0.05) is 25.5 Å². The van der Waals surface area contributed by atoms with Gasteiger partial charge < -0.3 is 5.32 Å². The molecule has 1 aromatic carbocycles.